The number of hydrogen-bond donors (Lipinski definition) is 1. The van der Waals surface area contributed by atoms with Gasteiger partial charge in [-0.25, -0.2) is 0 Å². The maximum atomic E-state index is 10.2. The first-order chi connectivity index (χ1) is 5.74. The molecule has 64 valence electrons. The van der Waals surface area contributed by atoms with Crippen LogP contribution in [0.4, 0.5) is 5.82 Å². The van der Waals surface area contributed by atoms with Gasteiger partial charge in [0.25, 0.3) is 0 Å². The van der Waals surface area contributed by atoms with Crippen LogP contribution in [0.1, 0.15) is 5.56 Å². The van der Waals surface area contributed by atoms with Crippen LogP contribution < -0.4 is 0 Å². The van der Waals surface area contributed by atoms with Crippen LogP contribution in [0.5, 0.6) is 0 Å². The maximum absolute atomic E-state index is 10.2. The van der Waals surface area contributed by atoms with Crippen molar-refractivity contribution in [1.29, 1.82) is 0 Å². The quantitative estimate of drug-likeness (QED) is 0.527. The van der Waals surface area contributed by atoms with Gasteiger partial charge < -0.3 is 15.2 Å². The molecule has 0 bridgehead atoms. The van der Waals surface area contributed by atoms with Crippen molar-refractivity contribution in [2.24, 2.45) is 0 Å². The molecule has 1 rings (SSSR count). The summed E-state index contributed by atoms with van der Waals surface area (Å²) >= 11 is 0. The van der Waals surface area contributed by atoms with E-state index >= 15 is 0 Å². The van der Waals surface area contributed by atoms with E-state index in [9.17, 15) is 10.1 Å². The lowest BCUT2D eigenvalue weighted by Crippen LogP contribution is -1.95. The largest absolute Gasteiger partial charge is 0.396 e. The van der Waals surface area contributed by atoms with E-state index in [1.807, 2.05) is 0 Å². The van der Waals surface area contributed by atoms with Crippen LogP contribution in [-0.2, 0) is 6.42 Å². The smallest absolute Gasteiger partial charge is 0.363 e. The van der Waals surface area contributed by atoms with Crippen molar-refractivity contribution < 1.29 is 10.0 Å². The number of nitrogens with zero attached hydrogens (tertiary/aromatic N) is 2. The number of aliphatic hydroxyl groups is 1. The Labute approximate surface area is 68.8 Å². The van der Waals surface area contributed by atoms with Gasteiger partial charge in [0.15, 0.2) is 0 Å². The van der Waals surface area contributed by atoms with Gasteiger partial charge in [-0.2, -0.15) is 0 Å². The van der Waals surface area contributed by atoms with Crippen LogP contribution in [0.2, 0.25) is 0 Å². The van der Waals surface area contributed by atoms with Gasteiger partial charge >= 0.3 is 5.82 Å². The third-order valence-corrected chi connectivity index (χ3v) is 1.40. The molecule has 0 saturated carbocycles. The second-order valence-corrected chi connectivity index (χ2v) is 2.26. The van der Waals surface area contributed by atoms with Crippen molar-refractivity contribution in [2.45, 2.75) is 6.42 Å². The predicted molar refractivity (Wildman–Crippen MR) is 41.7 cm³/mol. The van der Waals surface area contributed by atoms with Crippen molar-refractivity contribution >= 4 is 5.82 Å². The van der Waals surface area contributed by atoms with Crippen LogP contribution in [0.15, 0.2) is 18.3 Å². The van der Waals surface area contributed by atoms with Crippen LogP contribution in [0.25, 0.3) is 0 Å². The van der Waals surface area contributed by atoms with Gasteiger partial charge in [0.1, 0.15) is 6.20 Å². The van der Waals surface area contributed by atoms with E-state index in [2.05, 4.69) is 4.98 Å². The Morgan fingerprint density at radius 2 is 2.33 bits per heavy atom. The van der Waals surface area contributed by atoms with E-state index in [1.54, 1.807) is 6.07 Å². The Balaban J connectivity index is 2.78. The lowest BCUT2D eigenvalue weighted by Gasteiger charge is -1.94. The molecular weight excluding hydrogens is 160 g/mol. The number of aromatic nitrogens is 1. The van der Waals surface area contributed by atoms with E-state index < -0.39 is 4.92 Å². The molecule has 0 fully saturated rings. The molecule has 0 spiro atoms. The van der Waals surface area contributed by atoms with Gasteiger partial charge in [-0.05, 0) is 28.0 Å². The fourth-order valence-electron chi connectivity index (χ4n) is 0.802. The fraction of sp³-hybridized carbons (Fsp3) is 0.286. The van der Waals surface area contributed by atoms with E-state index in [1.165, 1.54) is 12.3 Å². The summed E-state index contributed by atoms with van der Waals surface area (Å²) in [5.74, 6) is -0.170. The monoisotopic (exact) mass is 168 g/mol. The second kappa shape index (κ2) is 3.77. The maximum Gasteiger partial charge on any atom is 0.363 e. The summed E-state index contributed by atoms with van der Waals surface area (Å²) in [6.07, 6.45) is 1.87. The SMILES string of the molecule is O=[N+]([O-])c1ccc(CCO)cn1. The van der Waals surface area contributed by atoms with Gasteiger partial charge in [-0.3, -0.25) is 0 Å². The van der Waals surface area contributed by atoms with Crippen LogP contribution >= 0.6 is 0 Å². The summed E-state index contributed by atoms with van der Waals surface area (Å²) in [6.45, 7) is 0.0273. The first-order valence-corrected chi connectivity index (χ1v) is 3.44. The lowest BCUT2D eigenvalue weighted by atomic mass is 10.2. The molecule has 0 aliphatic rings. The number of aliphatic hydroxyl groups excluding tert-OH is 1. The number of hydrogen-bond acceptors (Lipinski definition) is 4. The van der Waals surface area contributed by atoms with Gasteiger partial charge in [0.05, 0.1) is 0 Å². The van der Waals surface area contributed by atoms with Crippen LogP contribution in [0, 0.1) is 10.1 Å². The Morgan fingerprint density at radius 1 is 1.58 bits per heavy atom. The summed E-state index contributed by atoms with van der Waals surface area (Å²) in [5, 5.41) is 18.7. The van der Waals surface area contributed by atoms with E-state index in [0.29, 0.717) is 6.42 Å². The third-order valence-electron chi connectivity index (χ3n) is 1.40. The predicted octanol–water partition coefficient (Wildman–Crippen LogP) is 0.525. The normalized spacial score (nSPS) is 9.75. The van der Waals surface area contributed by atoms with E-state index in [0.717, 1.165) is 5.56 Å². The molecule has 0 atom stereocenters. The summed E-state index contributed by atoms with van der Waals surface area (Å²) in [6, 6.07) is 2.91. The molecule has 1 N–H and O–H groups in total. The molecule has 0 saturated heterocycles. The Hall–Kier alpha value is -1.49. The molecule has 0 amide bonds. The number of pyridine rings is 1. The van der Waals surface area contributed by atoms with Crippen LogP contribution in [0.3, 0.4) is 0 Å². The lowest BCUT2D eigenvalue weighted by molar-refractivity contribution is -0.389. The minimum atomic E-state index is -0.553. The molecule has 5 nitrogen and oxygen atoms in total. The Kier molecular flexibility index (Phi) is 2.71. The van der Waals surface area contributed by atoms with Crippen molar-refractivity contribution in [1.82, 2.24) is 4.98 Å². The highest BCUT2D eigenvalue weighted by molar-refractivity contribution is 5.22. The molecule has 1 heterocycles. The number of rotatable bonds is 3. The summed E-state index contributed by atoms with van der Waals surface area (Å²) < 4.78 is 0. The molecule has 0 aliphatic heterocycles. The molecule has 0 aromatic carbocycles. The molecule has 1 aromatic heterocycles. The fourth-order valence-corrected chi connectivity index (χ4v) is 0.802. The summed E-state index contributed by atoms with van der Waals surface area (Å²) in [5.41, 5.74) is 0.795. The Morgan fingerprint density at radius 3 is 2.75 bits per heavy atom. The third kappa shape index (κ3) is 2.00. The van der Waals surface area contributed by atoms with E-state index in [4.69, 9.17) is 5.11 Å². The molecule has 0 radical (unpaired) electrons. The average molecular weight is 168 g/mol. The minimum Gasteiger partial charge on any atom is -0.396 e. The van der Waals surface area contributed by atoms with Crippen molar-refractivity contribution in [3.63, 3.8) is 0 Å². The highest BCUT2D eigenvalue weighted by Gasteiger charge is 2.04. The van der Waals surface area contributed by atoms with Crippen molar-refractivity contribution in [3.8, 4) is 0 Å². The minimum absolute atomic E-state index is 0.0273. The zero-order valence-corrected chi connectivity index (χ0v) is 6.30. The van der Waals surface area contributed by atoms with Gasteiger partial charge in [0.2, 0.25) is 0 Å². The molecular formula is C7H8N2O3. The van der Waals surface area contributed by atoms with Crippen LogP contribution in [-0.4, -0.2) is 21.6 Å². The molecule has 0 aliphatic carbocycles. The number of nitro groups is 1. The zero-order valence-electron chi connectivity index (χ0n) is 6.30. The van der Waals surface area contributed by atoms with Crippen molar-refractivity contribution in [2.75, 3.05) is 6.61 Å². The molecule has 12 heavy (non-hydrogen) atoms. The standard InChI is InChI=1S/C7H8N2O3/c10-4-3-6-1-2-7(8-5-6)9(11)12/h1-2,5,10H,3-4H2. The highest BCUT2D eigenvalue weighted by atomic mass is 16.6. The van der Waals surface area contributed by atoms with Crippen molar-refractivity contribution in [3.05, 3.63) is 34.0 Å². The van der Waals surface area contributed by atoms with E-state index in [-0.39, 0.29) is 12.4 Å². The molecule has 5 heteroatoms. The topological polar surface area (TPSA) is 76.3 Å². The second-order valence-electron chi connectivity index (χ2n) is 2.26. The van der Waals surface area contributed by atoms with Gasteiger partial charge in [0, 0.05) is 12.7 Å². The molecule has 1 aromatic rings. The zero-order chi connectivity index (χ0) is 8.97. The first kappa shape index (κ1) is 8.61. The average Bonchev–Trinajstić information content (AvgIpc) is 2.06. The van der Waals surface area contributed by atoms with Gasteiger partial charge in [-0.1, -0.05) is 0 Å². The Bertz CT molecular complexity index is 270. The summed E-state index contributed by atoms with van der Waals surface area (Å²) in [4.78, 5) is 13.2. The first-order valence-electron chi connectivity index (χ1n) is 3.44. The molecule has 0 unspecified atom stereocenters. The highest BCUT2D eigenvalue weighted by Crippen LogP contribution is 2.07. The summed E-state index contributed by atoms with van der Waals surface area (Å²) in [7, 11) is 0. The van der Waals surface area contributed by atoms with Gasteiger partial charge in [-0.15, -0.1) is 0 Å².